The fraction of sp³-hybridized carbons (Fsp3) is 0.333. The lowest BCUT2D eigenvalue weighted by Gasteiger charge is -2.15. The van der Waals surface area contributed by atoms with Gasteiger partial charge >= 0.3 is 0 Å². The molecule has 2 aromatic heterocycles. The van der Waals surface area contributed by atoms with Crippen molar-refractivity contribution in [2.24, 2.45) is 0 Å². The normalized spacial score (nSPS) is 12.9. The minimum absolute atomic E-state index is 0.252. The summed E-state index contributed by atoms with van der Waals surface area (Å²) < 4.78 is 3.55. The zero-order valence-corrected chi connectivity index (χ0v) is 16.3. The summed E-state index contributed by atoms with van der Waals surface area (Å²) in [4.78, 5) is 1.34. The van der Waals surface area contributed by atoms with Crippen LogP contribution in [-0.2, 0) is 0 Å². The van der Waals surface area contributed by atoms with Gasteiger partial charge in [-0.3, -0.25) is 0 Å². The van der Waals surface area contributed by atoms with Gasteiger partial charge in [0.1, 0.15) is 0 Å². The van der Waals surface area contributed by atoms with Crippen molar-refractivity contribution in [1.29, 1.82) is 0 Å². The van der Waals surface area contributed by atoms with Gasteiger partial charge in [-0.25, -0.2) is 0 Å². The summed E-state index contributed by atoms with van der Waals surface area (Å²) in [6, 6.07) is 4.69. The number of halogens is 3. The van der Waals surface area contributed by atoms with Crippen molar-refractivity contribution < 1.29 is 0 Å². The lowest BCUT2D eigenvalue weighted by Crippen LogP contribution is -2.20. The number of rotatable bonds is 4. The maximum atomic E-state index is 3.65. The number of thiophene rings is 2. The predicted molar refractivity (Wildman–Crippen MR) is 92.0 cm³/mol. The fourth-order valence-corrected chi connectivity index (χ4v) is 6.31. The maximum absolute atomic E-state index is 3.65. The molecule has 2 heterocycles. The smallest absolute Gasteiger partial charge is 0.0762 e. The third kappa shape index (κ3) is 3.27. The minimum Gasteiger partial charge on any atom is -0.306 e. The molecule has 0 aliphatic carbocycles. The largest absolute Gasteiger partial charge is 0.306 e. The van der Waals surface area contributed by atoms with Crippen LogP contribution >= 0.6 is 70.5 Å². The first-order valence-corrected chi connectivity index (χ1v) is 9.48. The van der Waals surface area contributed by atoms with Crippen molar-refractivity contribution in [3.8, 4) is 0 Å². The molecular weight excluding hydrogens is 462 g/mol. The summed E-state index contributed by atoms with van der Waals surface area (Å²) in [6.07, 6.45) is 0. The third-order valence-electron chi connectivity index (χ3n) is 2.56. The summed E-state index contributed by atoms with van der Waals surface area (Å²) in [5.74, 6) is 0. The Bertz CT molecular complexity index is 528. The second-order valence-electron chi connectivity index (χ2n) is 3.88. The van der Waals surface area contributed by atoms with Gasteiger partial charge in [0.05, 0.1) is 17.4 Å². The summed E-state index contributed by atoms with van der Waals surface area (Å²) >= 11 is 14.3. The zero-order chi connectivity index (χ0) is 13.3. The molecule has 0 saturated heterocycles. The Morgan fingerprint density at radius 2 is 1.89 bits per heavy atom. The molecule has 0 radical (unpaired) electrons. The zero-order valence-electron chi connectivity index (χ0n) is 9.89. The van der Waals surface area contributed by atoms with E-state index < -0.39 is 0 Å². The van der Waals surface area contributed by atoms with Crippen LogP contribution in [0.4, 0.5) is 0 Å². The molecule has 1 atom stereocenters. The van der Waals surface area contributed by atoms with Gasteiger partial charge in [-0.1, -0.05) is 6.92 Å². The summed E-state index contributed by atoms with van der Waals surface area (Å²) in [5.41, 5.74) is 2.59. The monoisotopic (exact) mass is 471 g/mol. The first-order chi connectivity index (χ1) is 8.52. The van der Waals surface area contributed by atoms with Crippen LogP contribution in [0, 0.1) is 6.92 Å². The SMILES string of the molecule is CCNC(c1cc(C)c(Br)s1)c1cc(Br)sc1Br. The molecule has 98 valence electrons. The number of hydrogen-bond donors (Lipinski definition) is 1. The van der Waals surface area contributed by atoms with E-state index in [2.05, 4.69) is 79.1 Å². The highest BCUT2D eigenvalue weighted by Crippen LogP contribution is 2.41. The number of aryl methyl sites for hydroxylation is 1. The van der Waals surface area contributed by atoms with Gasteiger partial charge in [-0.05, 0) is 79.0 Å². The Balaban J connectivity index is 2.42. The van der Waals surface area contributed by atoms with E-state index in [4.69, 9.17) is 0 Å². The number of hydrogen-bond acceptors (Lipinski definition) is 3. The van der Waals surface area contributed by atoms with Crippen LogP contribution in [0.25, 0.3) is 0 Å². The molecule has 0 amide bonds. The predicted octanol–water partition coefficient (Wildman–Crippen LogP) is 6.10. The van der Waals surface area contributed by atoms with Gasteiger partial charge in [0.15, 0.2) is 0 Å². The van der Waals surface area contributed by atoms with E-state index in [9.17, 15) is 0 Å². The van der Waals surface area contributed by atoms with Crippen molar-refractivity contribution in [3.63, 3.8) is 0 Å². The Kier molecular flexibility index (Phi) is 5.49. The van der Waals surface area contributed by atoms with Crippen LogP contribution in [0.5, 0.6) is 0 Å². The van der Waals surface area contributed by atoms with Crippen LogP contribution in [0.15, 0.2) is 23.5 Å². The highest BCUT2D eigenvalue weighted by atomic mass is 79.9. The molecule has 1 nitrogen and oxygen atoms in total. The standard InChI is InChI=1S/C12H12Br3NS2/c1-3-16-10(7-5-9(13)18-12(7)15)8-4-6(2)11(14)17-8/h4-5,10,16H,3H2,1-2H3. The second kappa shape index (κ2) is 6.50. The van der Waals surface area contributed by atoms with E-state index in [1.54, 1.807) is 22.7 Å². The average molecular weight is 474 g/mol. The van der Waals surface area contributed by atoms with Crippen molar-refractivity contribution in [2.45, 2.75) is 19.9 Å². The Morgan fingerprint density at radius 1 is 1.17 bits per heavy atom. The molecule has 0 aliphatic heterocycles. The van der Waals surface area contributed by atoms with Crippen LogP contribution in [-0.4, -0.2) is 6.54 Å². The fourth-order valence-electron chi connectivity index (χ4n) is 1.74. The molecule has 0 fully saturated rings. The van der Waals surface area contributed by atoms with Gasteiger partial charge in [-0.15, -0.1) is 22.7 Å². The molecule has 0 aliphatic rings. The molecule has 0 spiro atoms. The molecule has 6 heteroatoms. The first kappa shape index (κ1) is 15.2. The van der Waals surface area contributed by atoms with E-state index >= 15 is 0 Å². The molecule has 0 aromatic carbocycles. The summed E-state index contributed by atoms with van der Waals surface area (Å²) in [7, 11) is 0. The van der Waals surface area contributed by atoms with Gasteiger partial charge in [0.2, 0.25) is 0 Å². The van der Waals surface area contributed by atoms with Crippen molar-refractivity contribution >= 4 is 70.5 Å². The van der Waals surface area contributed by atoms with Gasteiger partial charge < -0.3 is 5.32 Å². The molecular formula is C12H12Br3NS2. The van der Waals surface area contributed by atoms with Gasteiger partial charge in [0.25, 0.3) is 0 Å². The van der Waals surface area contributed by atoms with Crippen LogP contribution < -0.4 is 5.32 Å². The van der Waals surface area contributed by atoms with Crippen molar-refractivity contribution in [2.75, 3.05) is 6.54 Å². The number of nitrogens with one attached hydrogen (secondary N) is 1. The first-order valence-electron chi connectivity index (χ1n) is 5.46. The van der Waals surface area contributed by atoms with Gasteiger partial charge in [-0.2, -0.15) is 0 Å². The maximum Gasteiger partial charge on any atom is 0.0762 e. The van der Waals surface area contributed by atoms with E-state index in [0.717, 1.165) is 10.3 Å². The Labute approximate surface area is 140 Å². The Morgan fingerprint density at radius 3 is 2.33 bits per heavy atom. The van der Waals surface area contributed by atoms with Crippen LogP contribution in [0.1, 0.15) is 29.0 Å². The highest BCUT2D eigenvalue weighted by molar-refractivity contribution is 9.12. The lowest BCUT2D eigenvalue weighted by molar-refractivity contribution is 0.639. The van der Waals surface area contributed by atoms with E-state index in [-0.39, 0.29) is 6.04 Å². The van der Waals surface area contributed by atoms with E-state index in [1.165, 1.54) is 23.6 Å². The molecule has 1 unspecified atom stereocenters. The highest BCUT2D eigenvalue weighted by Gasteiger charge is 2.20. The van der Waals surface area contributed by atoms with Crippen molar-refractivity contribution in [3.05, 3.63) is 39.5 Å². The van der Waals surface area contributed by atoms with Crippen LogP contribution in [0.2, 0.25) is 0 Å². The second-order valence-corrected chi connectivity index (χ2v) is 10.0. The van der Waals surface area contributed by atoms with Gasteiger partial charge in [0, 0.05) is 10.4 Å². The Hall–Kier alpha value is 0.800. The summed E-state index contributed by atoms with van der Waals surface area (Å²) in [5, 5.41) is 3.56. The lowest BCUT2D eigenvalue weighted by atomic mass is 10.1. The minimum atomic E-state index is 0.252. The molecule has 2 aromatic rings. The third-order valence-corrected chi connectivity index (χ3v) is 7.15. The van der Waals surface area contributed by atoms with Crippen LogP contribution in [0.3, 0.4) is 0 Å². The average Bonchev–Trinajstić information content (AvgIpc) is 2.79. The quantitative estimate of drug-likeness (QED) is 0.565. The molecule has 2 rings (SSSR count). The van der Waals surface area contributed by atoms with Crippen molar-refractivity contribution in [1.82, 2.24) is 5.32 Å². The van der Waals surface area contributed by atoms with E-state index in [1.807, 2.05) is 0 Å². The topological polar surface area (TPSA) is 12.0 Å². The molecule has 1 N–H and O–H groups in total. The molecule has 0 saturated carbocycles. The molecule has 0 bridgehead atoms. The summed E-state index contributed by atoms with van der Waals surface area (Å²) in [6.45, 7) is 5.21. The van der Waals surface area contributed by atoms with E-state index in [0.29, 0.717) is 0 Å². The molecule has 18 heavy (non-hydrogen) atoms.